The van der Waals surface area contributed by atoms with Gasteiger partial charge in [-0.3, -0.25) is 4.79 Å². The first-order chi connectivity index (χ1) is 11.4. The topological polar surface area (TPSA) is 62.1 Å². The Labute approximate surface area is 136 Å². The molecular weight excluding hydrogens is 321 g/mol. The van der Waals surface area contributed by atoms with E-state index in [1.54, 1.807) is 30.3 Å². The van der Waals surface area contributed by atoms with Crippen molar-refractivity contribution >= 4 is 5.91 Å². The molecule has 0 unspecified atom stereocenters. The zero-order chi connectivity index (χ0) is 17.6. The van der Waals surface area contributed by atoms with E-state index in [0.717, 1.165) is 0 Å². The molecule has 124 valence electrons. The zero-order valence-electron chi connectivity index (χ0n) is 12.4. The third-order valence-electron chi connectivity index (χ3n) is 3.03. The maximum absolute atomic E-state index is 12.1. The monoisotopic (exact) mass is 334 g/mol. The molecule has 0 aliphatic heterocycles. The Morgan fingerprint density at radius 2 is 1.88 bits per heavy atom. The number of carbonyl (C=O) groups is 1. The van der Waals surface area contributed by atoms with Gasteiger partial charge in [0.1, 0.15) is 5.75 Å². The fourth-order valence-electron chi connectivity index (χ4n) is 1.88. The molecule has 0 bridgehead atoms. The Morgan fingerprint density at radius 3 is 2.50 bits per heavy atom. The van der Waals surface area contributed by atoms with Gasteiger partial charge in [-0.25, -0.2) is 0 Å². The summed E-state index contributed by atoms with van der Waals surface area (Å²) < 4.78 is 40.8. The van der Waals surface area contributed by atoms with E-state index in [4.69, 9.17) is 5.26 Å². The number of alkyl halides is 3. The molecule has 0 heterocycles. The maximum atomic E-state index is 12.1. The van der Waals surface area contributed by atoms with Crippen LogP contribution in [0.3, 0.4) is 0 Å². The van der Waals surface area contributed by atoms with Crippen molar-refractivity contribution in [3.63, 3.8) is 0 Å². The zero-order valence-corrected chi connectivity index (χ0v) is 12.4. The molecule has 1 N–H and O–H groups in total. The number of rotatable bonds is 5. The Balaban J connectivity index is 1.90. The quantitative estimate of drug-likeness (QED) is 0.911. The summed E-state index contributed by atoms with van der Waals surface area (Å²) in [6, 6.07) is 14.2. The van der Waals surface area contributed by atoms with E-state index in [1.807, 2.05) is 6.07 Å². The maximum Gasteiger partial charge on any atom is 0.422 e. The number of nitrogens with one attached hydrogen (secondary N) is 1. The number of benzene rings is 2. The van der Waals surface area contributed by atoms with Crippen molar-refractivity contribution < 1.29 is 22.7 Å². The SMILES string of the molecule is N#Cc1cccc(C(=O)NCc2ccc(OCC(F)(F)F)cc2)c1. The number of hydrogen-bond donors (Lipinski definition) is 1. The fourth-order valence-corrected chi connectivity index (χ4v) is 1.88. The number of ether oxygens (including phenoxy) is 1. The van der Waals surface area contributed by atoms with Gasteiger partial charge in [0.25, 0.3) is 5.91 Å². The molecule has 7 heteroatoms. The van der Waals surface area contributed by atoms with Gasteiger partial charge in [0, 0.05) is 12.1 Å². The third-order valence-corrected chi connectivity index (χ3v) is 3.03. The van der Waals surface area contributed by atoms with Gasteiger partial charge < -0.3 is 10.1 Å². The van der Waals surface area contributed by atoms with Crippen LogP contribution in [0, 0.1) is 11.3 Å². The van der Waals surface area contributed by atoms with E-state index in [-0.39, 0.29) is 18.2 Å². The van der Waals surface area contributed by atoms with Crippen LogP contribution in [0.15, 0.2) is 48.5 Å². The van der Waals surface area contributed by atoms with Crippen LogP contribution in [0.1, 0.15) is 21.5 Å². The lowest BCUT2D eigenvalue weighted by Gasteiger charge is -2.10. The van der Waals surface area contributed by atoms with Crippen LogP contribution >= 0.6 is 0 Å². The molecule has 1 amide bonds. The molecule has 2 aromatic rings. The first-order valence-corrected chi connectivity index (χ1v) is 6.94. The highest BCUT2D eigenvalue weighted by Crippen LogP contribution is 2.18. The summed E-state index contributed by atoms with van der Waals surface area (Å²) in [7, 11) is 0. The molecule has 24 heavy (non-hydrogen) atoms. The molecule has 0 aromatic heterocycles. The molecule has 0 fully saturated rings. The van der Waals surface area contributed by atoms with Crippen molar-refractivity contribution in [3.05, 3.63) is 65.2 Å². The number of hydrogen-bond acceptors (Lipinski definition) is 3. The first kappa shape index (κ1) is 17.3. The van der Waals surface area contributed by atoms with Gasteiger partial charge in [0.2, 0.25) is 0 Å². The number of nitrogens with zero attached hydrogens (tertiary/aromatic N) is 1. The molecular formula is C17H13F3N2O2. The van der Waals surface area contributed by atoms with Crippen molar-refractivity contribution in [1.29, 1.82) is 5.26 Å². The van der Waals surface area contributed by atoms with Crippen LogP contribution in [-0.2, 0) is 6.54 Å². The van der Waals surface area contributed by atoms with E-state index >= 15 is 0 Å². The highest BCUT2D eigenvalue weighted by molar-refractivity contribution is 5.94. The average Bonchev–Trinajstić information content (AvgIpc) is 2.58. The van der Waals surface area contributed by atoms with Crippen molar-refractivity contribution in [2.24, 2.45) is 0 Å². The lowest BCUT2D eigenvalue weighted by atomic mass is 10.1. The van der Waals surface area contributed by atoms with Gasteiger partial charge in [-0.15, -0.1) is 0 Å². The van der Waals surface area contributed by atoms with Gasteiger partial charge in [-0.1, -0.05) is 18.2 Å². The van der Waals surface area contributed by atoms with Crippen LogP contribution in [-0.4, -0.2) is 18.7 Å². The van der Waals surface area contributed by atoms with Gasteiger partial charge in [0.05, 0.1) is 11.6 Å². The second kappa shape index (κ2) is 7.51. The standard InChI is InChI=1S/C17H13F3N2O2/c18-17(19,20)11-24-15-6-4-12(5-7-15)10-22-16(23)14-3-1-2-13(8-14)9-21/h1-8H,10-11H2,(H,22,23). The highest BCUT2D eigenvalue weighted by atomic mass is 19.4. The van der Waals surface area contributed by atoms with Gasteiger partial charge >= 0.3 is 6.18 Å². The summed E-state index contributed by atoms with van der Waals surface area (Å²) in [5.41, 5.74) is 1.45. The molecule has 0 saturated carbocycles. The Kier molecular flexibility index (Phi) is 5.42. The van der Waals surface area contributed by atoms with Gasteiger partial charge in [-0.2, -0.15) is 18.4 Å². The number of carbonyl (C=O) groups excluding carboxylic acids is 1. The van der Waals surface area contributed by atoms with E-state index < -0.39 is 12.8 Å². The minimum atomic E-state index is -4.38. The minimum Gasteiger partial charge on any atom is -0.484 e. The smallest absolute Gasteiger partial charge is 0.422 e. The molecule has 0 atom stereocenters. The number of nitriles is 1. The molecule has 2 aromatic carbocycles. The van der Waals surface area contributed by atoms with Crippen LogP contribution < -0.4 is 10.1 Å². The predicted octanol–water partition coefficient (Wildman–Crippen LogP) is 3.43. The second-order valence-electron chi connectivity index (χ2n) is 4.92. The summed E-state index contributed by atoms with van der Waals surface area (Å²) in [5.74, 6) is -0.242. The number of amides is 1. The lowest BCUT2D eigenvalue weighted by molar-refractivity contribution is -0.153. The molecule has 0 aliphatic carbocycles. The van der Waals surface area contributed by atoms with E-state index in [0.29, 0.717) is 16.7 Å². The summed E-state index contributed by atoms with van der Waals surface area (Å²) in [6.45, 7) is -1.15. The Morgan fingerprint density at radius 1 is 1.17 bits per heavy atom. The lowest BCUT2D eigenvalue weighted by Crippen LogP contribution is -2.22. The van der Waals surface area contributed by atoms with Crippen LogP contribution in [0.2, 0.25) is 0 Å². The predicted molar refractivity (Wildman–Crippen MR) is 80.3 cm³/mol. The van der Waals surface area contributed by atoms with Gasteiger partial charge in [-0.05, 0) is 35.9 Å². The van der Waals surface area contributed by atoms with Crippen molar-refractivity contribution in [2.45, 2.75) is 12.7 Å². The summed E-state index contributed by atoms with van der Waals surface area (Å²) in [5, 5.41) is 11.5. The van der Waals surface area contributed by atoms with Crippen LogP contribution in [0.5, 0.6) is 5.75 Å². The largest absolute Gasteiger partial charge is 0.484 e. The fraction of sp³-hybridized carbons (Fsp3) is 0.176. The van der Waals surface area contributed by atoms with E-state index in [9.17, 15) is 18.0 Å². The summed E-state index contributed by atoms with van der Waals surface area (Å²) >= 11 is 0. The van der Waals surface area contributed by atoms with Crippen LogP contribution in [0.25, 0.3) is 0 Å². The van der Waals surface area contributed by atoms with Crippen molar-refractivity contribution in [3.8, 4) is 11.8 Å². The third kappa shape index (κ3) is 5.32. The minimum absolute atomic E-state index is 0.101. The molecule has 0 saturated heterocycles. The molecule has 0 spiro atoms. The molecule has 4 nitrogen and oxygen atoms in total. The average molecular weight is 334 g/mol. The normalized spacial score (nSPS) is 10.8. The molecule has 0 radical (unpaired) electrons. The second-order valence-corrected chi connectivity index (χ2v) is 4.92. The first-order valence-electron chi connectivity index (χ1n) is 6.94. The van der Waals surface area contributed by atoms with E-state index in [1.165, 1.54) is 18.2 Å². The Hall–Kier alpha value is -3.01. The molecule has 2 rings (SSSR count). The summed E-state index contributed by atoms with van der Waals surface area (Å²) in [4.78, 5) is 12.0. The number of halogens is 3. The van der Waals surface area contributed by atoms with Crippen LogP contribution in [0.4, 0.5) is 13.2 Å². The van der Waals surface area contributed by atoms with Crippen molar-refractivity contribution in [2.75, 3.05) is 6.61 Å². The molecule has 0 aliphatic rings. The van der Waals surface area contributed by atoms with E-state index in [2.05, 4.69) is 10.1 Å². The van der Waals surface area contributed by atoms with Crippen molar-refractivity contribution in [1.82, 2.24) is 5.32 Å². The summed E-state index contributed by atoms with van der Waals surface area (Å²) in [6.07, 6.45) is -4.38. The van der Waals surface area contributed by atoms with Gasteiger partial charge in [0.15, 0.2) is 6.61 Å². The Bertz CT molecular complexity index is 750. The highest BCUT2D eigenvalue weighted by Gasteiger charge is 2.28.